The van der Waals surface area contributed by atoms with Gasteiger partial charge in [-0.15, -0.1) is 0 Å². The number of oxime groups is 1. The van der Waals surface area contributed by atoms with E-state index in [1.165, 1.54) is 24.5 Å². The molecule has 10 nitrogen and oxygen atoms in total. The number of aliphatic hydroxyl groups excluding tert-OH is 1. The molecule has 0 bridgehead atoms. The second-order valence-electron chi connectivity index (χ2n) is 9.39. The summed E-state index contributed by atoms with van der Waals surface area (Å²) >= 11 is 0. The van der Waals surface area contributed by atoms with Crippen molar-refractivity contribution in [2.45, 2.75) is 38.0 Å². The first kappa shape index (κ1) is 25.7. The van der Waals surface area contributed by atoms with Crippen LogP contribution in [0.3, 0.4) is 0 Å². The minimum Gasteiger partial charge on any atom is -0.399 e. The Balaban J connectivity index is 1.23. The number of hydrogen-bond donors (Lipinski definition) is 4. The predicted octanol–water partition coefficient (Wildman–Crippen LogP) is 0.565. The lowest BCUT2D eigenvalue weighted by Crippen LogP contribution is -2.50. The van der Waals surface area contributed by atoms with Gasteiger partial charge in [-0.3, -0.25) is 9.69 Å². The summed E-state index contributed by atoms with van der Waals surface area (Å²) in [6, 6.07) is 8.62. The van der Waals surface area contributed by atoms with Crippen LogP contribution >= 0.6 is 0 Å². The molecule has 1 amide bonds. The molecule has 4 rings (SSSR count). The molecule has 3 aliphatic rings. The van der Waals surface area contributed by atoms with Gasteiger partial charge in [0.05, 0.1) is 17.5 Å². The normalized spacial score (nSPS) is 21.1. The molecule has 36 heavy (non-hydrogen) atoms. The molecule has 0 spiro atoms. The van der Waals surface area contributed by atoms with Crippen molar-refractivity contribution < 1.29 is 14.7 Å². The van der Waals surface area contributed by atoms with Crippen molar-refractivity contribution >= 4 is 18.0 Å². The Bertz CT molecular complexity index is 1020. The molecule has 10 heteroatoms. The third-order valence-corrected chi connectivity index (χ3v) is 6.71. The second kappa shape index (κ2) is 12.5. The predicted molar refractivity (Wildman–Crippen MR) is 140 cm³/mol. The Kier molecular flexibility index (Phi) is 8.96. The molecule has 0 aliphatic carbocycles. The lowest BCUT2D eigenvalue weighted by Gasteiger charge is -2.33. The number of nitrogens with zero attached hydrogens (tertiary/aromatic N) is 4. The average Bonchev–Trinajstić information content (AvgIpc) is 2.90. The third kappa shape index (κ3) is 7.08. The Hall–Kier alpha value is -3.37. The standard InChI is InChI=1S/C26H37N7O3/c1-19(27-13-23(34)17-32-11-9-20-6-3-4-7-21(20)15-32)24-12-25(29-18-28-24)31-22-8-5-10-33(16-22)26(35)14-30-36-2/h3-4,6-7,12,14,22-23,27-28,34H,1,5,8-11,13,15-18H2,2H3,(H,29,31)/b30-14-/t22?,23-/m0/s1. The lowest BCUT2D eigenvalue weighted by molar-refractivity contribution is -0.125. The number of amides is 1. The summed E-state index contributed by atoms with van der Waals surface area (Å²) in [6.07, 6.45) is 5.49. The molecule has 4 N–H and O–H groups in total. The maximum Gasteiger partial charge on any atom is 0.268 e. The Morgan fingerprint density at radius 2 is 2.22 bits per heavy atom. The van der Waals surface area contributed by atoms with Gasteiger partial charge in [-0.1, -0.05) is 36.0 Å². The van der Waals surface area contributed by atoms with E-state index in [0.717, 1.165) is 43.9 Å². The molecule has 2 atom stereocenters. The molecule has 1 unspecified atom stereocenters. The number of β-amino-alcohol motifs (C(OH)–C–C–N with tert-alkyl or cyclic N) is 1. The molecule has 3 aliphatic heterocycles. The number of rotatable bonds is 9. The number of likely N-dealkylation sites (tertiary alicyclic amines) is 1. The summed E-state index contributed by atoms with van der Waals surface area (Å²) in [5.41, 5.74) is 4.30. The van der Waals surface area contributed by atoms with Gasteiger partial charge in [0, 0.05) is 51.4 Å². The van der Waals surface area contributed by atoms with Crippen molar-refractivity contribution in [3.63, 3.8) is 0 Å². The number of aliphatic hydroxyl groups is 1. The number of benzene rings is 1. The maximum atomic E-state index is 12.2. The third-order valence-electron chi connectivity index (χ3n) is 6.71. The first-order valence-corrected chi connectivity index (χ1v) is 12.5. The monoisotopic (exact) mass is 495 g/mol. The topological polar surface area (TPSA) is 114 Å². The van der Waals surface area contributed by atoms with E-state index >= 15 is 0 Å². The quantitative estimate of drug-likeness (QED) is 0.293. The van der Waals surface area contributed by atoms with Gasteiger partial charge in [0.15, 0.2) is 0 Å². The summed E-state index contributed by atoms with van der Waals surface area (Å²) in [5.74, 6) is 0.598. The van der Waals surface area contributed by atoms with Crippen molar-refractivity contribution in [2.24, 2.45) is 10.1 Å². The molecule has 3 heterocycles. The number of piperidine rings is 1. The largest absolute Gasteiger partial charge is 0.399 e. The minimum atomic E-state index is -0.505. The molecule has 194 valence electrons. The zero-order valence-corrected chi connectivity index (χ0v) is 20.9. The van der Waals surface area contributed by atoms with Gasteiger partial charge in [0.25, 0.3) is 5.91 Å². The van der Waals surface area contributed by atoms with Gasteiger partial charge >= 0.3 is 0 Å². The van der Waals surface area contributed by atoms with Gasteiger partial charge in [-0.25, -0.2) is 4.99 Å². The maximum absolute atomic E-state index is 12.2. The van der Waals surface area contributed by atoms with Crippen LogP contribution in [0, 0.1) is 0 Å². The SMILES string of the molecule is C=C(NC[C@H](O)CN1CCc2ccccc2C1)C1=CC(NC2CCCN(C(=O)/C=N\OC)C2)=NCN1. The molecule has 0 aromatic heterocycles. The Labute approximate surface area is 212 Å². The summed E-state index contributed by atoms with van der Waals surface area (Å²) in [4.78, 5) is 25.4. The zero-order chi connectivity index (χ0) is 25.3. The second-order valence-corrected chi connectivity index (χ2v) is 9.39. The van der Waals surface area contributed by atoms with E-state index in [4.69, 9.17) is 0 Å². The zero-order valence-electron chi connectivity index (χ0n) is 20.9. The highest BCUT2D eigenvalue weighted by Crippen LogP contribution is 2.18. The molecule has 0 saturated carbocycles. The van der Waals surface area contributed by atoms with Crippen LogP contribution in [0.4, 0.5) is 0 Å². The Morgan fingerprint density at radius 1 is 1.39 bits per heavy atom. The molecule has 1 aromatic rings. The highest BCUT2D eigenvalue weighted by molar-refractivity contribution is 6.26. The number of carbonyl (C=O) groups is 1. The van der Waals surface area contributed by atoms with Crippen LogP contribution in [0.2, 0.25) is 0 Å². The van der Waals surface area contributed by atoms with Crippen LogP contribution in [-0.4, -0.2) is 91.5 Å². The van der Waals surface area contributed by atoms with Crippen LogP contribution in [0.15, 0.2) is 58.5 Å². The molecular weight excluding hydrogens is 458 g/mol. The van der Waals surface area contributed by atoms with Crippen LogP contribution in [0.25, 0.3) is 0 Å². The fourth-order valence-electron chi connectivity index (χ4n) is 4.82. The number of fused-ring (bicyclic) bond motifs is 1. The van der Waals surface area contributed by atoms with Crippen molar-refractivity contribution in [3.8, 4) is 0 Å². The number of hydrogen-bond acceptors (Lipinski definition) is 9. The van der Waals surface area contributed by atoms with E-state index in [1.807, 2.05) is 6.08 Å². The van der Waals surface area contributed by atoms with Gasteiger partial charge in [0.2, 0.25) is 0 Å². The lowest BCUT2D eigenvalue weighted by atomic mass is 10.00. The summed E-state index contributed by atoms with van der Waals surface area (Å²) < 4.78 is 0. The van der Waals surface area contributed by atoms with Crippen LogP contribution in [-0.2, 0) is 22.6 Å². The molecule has 1 fully saturated rings. The summed E-state index contributed by atoms with van der Waals surface area (Å²) in [5, 5.41) is 24.1. The van der Waals surface area contributed by atoms with E-state index in [-0.39, 0.29) is 11.9 Å². The minimum absolute atomic E-state index is 0.103. The number of aliphatic imine (C=N–C) groups is 1. The van der Waals surface area contributed by atoms with Gasteiger partial charge < -0.3 is 30.8 Å². The first-order valence-electron chi connectivity index (χ1n) is 12.5. The number of nitrogens with one attached hydrogen (secondary N) is 3. The van der Waals surface area contributed by atoms with E-state index in [9.17, 15) is 9.90 Å². The van der Waals surface area contributed by atoms with Gasteiger partial charge in [0.1, 0.15) is 25.8 Å². The Morgan fingerprint density at radius 3 is 3.06 bits per heavy atom. The van der Waals surface area contributed by atoms with Crippen molar-refractivity contribution in [2.75, 3.05) is 46.5 Å². The molecule has 1 aromatic carbocycles. The molecular formula is C26H37N7O3. The smallest absolute Gasteiger partial charge is 0.268 e. The first-order chi connectivity index (χ1) is 17.5. The van der Waals surface area contributed by atoms with E-state index in [0.29, 0.717) is 38.5 Å². The van der Waals surface area contributed by atoms with Crippen LogP contribution in [0.5, 0.6) is 0 Å². The van der Waals surface area contributed by atoms with E-state index in [2.05, 4.69) is 66.7 Å². The fraction of sp³-hybridized carbons (Fsp3) is 0.500. The summed E-state index contributed by atoms with van der Waals surface area (Å²) in [6.45, 7) is 8.71. The van der Waals surface area contributed by atoms with Crippen molar-refractivity contribution in [3.05, 3.63) is 59.4 Å². The van der Waals surface area contributed by atoms with Gasteiger partial charge in [-0.2, -0.15) is 0 Å². The number of carbonyl (C=O) groups excluding carboxylic acids is 1. The highest BCUT2D eigenvalue weighted by Gasteiger charge is 2.24. The van der Waals surface area contributed by atoms with E-state index < -0.39 is 6.10 Å². The van der Waals surface area contributed by atoms with E-state index in [1.54, 1.807) is 4.90 Å². The van der Waals surface area contributed by atoms with Crippen LogP contribution in [0.1, 0.15) is 24.0 Å². The van der Waals surface area contributed by atoms with Gasteiger partial charge in [-0.05, 0) is 30.4 Å². The van der Waals surface area contributed by atoms with Crippen molar-refractivity contribution in [1.29, 1.82) is 0 Å². The highest BCUT2D eigenvalue weighted by atomic mass is 16.6. The summed E-state index contributed by atoms with van der Waals surface area (Å²) in [7, 11) is 1.42. The average molecular weight is 496 g/mol. The fourth-order valence-corrected chi connectivity index (χ4v) is 4.82. The molecule has 0 radical (unpaired) electrons. The van der Waals surface area contributed by atoms with Crippen molar-refractivity contribution in [1.82, 2.24) is 25.8 Å². The molecule has 1 saturated heterocycles. The number of amidine groups is 1. The van der Waals surface area contributed by atoms with Crippen LogP contribution < -0.4 is 16.0 Å².